The lowest BCUT2D eigenvalue weighted by Crippen LogP contribution is -2.43. The van der Waals surface area contributed by atoms with Crippen LogP contribution in [0.1, 0.15) is 24.0 Å². The summed E-state index contributed by atoms with van der Waals surface area (Å²) in [6, 6.07) is 14.4. The van der Waals surface area contributed by atoms with E-state index >= 15 is 0 Å². The van der Waals surface area contributed by atoms with Crippen LogP contribution in [0.2, 0.25) is 0 Å². The Morgan fingerprint density at radius 2 is 1.80 bits per heavy atom. The number of nitrogens with one attached hydrogen (secondary N) is 1. The van der Waals surface area contributed by atoms with Gasteiger partial charge in [-0.2, -0.15) is 0 Å². The summed E-state index contributed by atoms with van der Waals surface area (Å²) < 4.78 is 18.6. The van der Waals surface area contributed by atoms with Gasteiger partial charge in [0.2, 0.25) is 0 Å². The molecular weight excluding hydrogens is 466 g/mol. The molecule has 0 spiro atoms. The highest BCUT2D eigenvalue weighted by atomic mass is 35.5. The van der Waals surface area contributed by atoms with Crippen molar-refractivity contribution >= 4 is 23.3 Å². The van der Waals surface area contributed by atoms with Crippen LogP contribution in [0.4, 0.5) is 0 Å². The van der Waals surface area contributed by atoms with Gasteiger partial charge in [-0.3, -0.25) is 9.69 Å². The molecule has 0 unspecified atom stereocenters. The zero-order valence-corrected chi connectivity index (χ0v) is 21.2. The van der Waals surface area contributed by atoms with Crippen molar-refractivity contribution in [3.8, 4) is 17.2 Å². The Morgan fingerprint density at radius 3 is 2.57 bits per heavy atom. The SMILES string of the molecule is COc1ccc2c(C)cc(=O)n(CCNC3CCN(Cc4ccc5c(c4)OCCO5)CC3)c2c1.Cl. The minimum absolute atomic E-state index is 0. The number of fused-ring (bicyclic) bond motifs is 2. The van der Waals surface area contributed by atoms with Gasteiger partial charge in [0.1, 0.15) is 19.0 Å². The molecule has 7 nitrogen and oxygen atoms in total. The molecule has 0 saturated carbocycles. The van der Waals surface area contributed by atoms with E-state index in [-0.39, 0.29) is 18.0 Å². The number of nitrogens with zero attached hydrogens (tertiary/aromatic N) is 2. The number of rotatable bonds is 7. The fourth-order valence-electron chi connectivity index (χ4n) is 5.01. The molecule has 0 atom stereocenters. The highest BCUT2D eigenvalue weighted by Crippen LogP contribution is 2.31. The van der Waals surface area contributed by atoms with Crippen molar-refractivity contribution in [1.82, 2.24) is 14.8 Å². The summed E-state index contributed by atoms with van der Waals surface area (Å²) in [5, 5.41) is 4.77. The summed E-state index contributed by atoms with van der Waals surface area (Å²) in [7, 11) is 1.65. The third-order valence-corrected chi connectivity index (χ3v) is 6.90. The molecule has 8 heteroatoms. The number of methoxy groups -OCH3 is 1. The molecule has 1 saturated heterocycles. The van der Waals surface area contributed by atoms with Gasteiger partial charge in [-0.1, -0.05) is 6.07 Å². The molecule has 2 aromatic carbocycles. The second-order valence-corrected chi connectivity index (χ2v) is 9.18. The molecule has 3 aromatic rings. The third-order valence-electron chi connectivity index (χ3n) is 6.90. The van der Waals surface area contributed by atoms with Crippen molar-refractivity contribution in [3.05, 3.63) is 63.9 Å². The molecule has 2 aliphatic rings. The monoisotopic (exact) mass is 499 g/mol. The van der Waals surface area contributed by atoms with Gasteiger partial charge in [0.05, 0.1) is 12.6 Å². The third kappa shape index (κ3) is 5.74. The van der Waals surface area contributed by atoms with Crippen LogP contribution in [0.3, 0.4) is 0 Å². The molecule has 0 radical (unpaired) electrons. The summed E-state index contributed by atoms with van der Waals surface area (Å²) in [5.74, 6) is 2.47. The van der Waals surface area contributed by atoms with Gasteiger partial charge in [0, 0.05) is 43.2 Å². The second-order valence-electron chi connectivity index (χ2n) is 9.18. The Labute approximate surface area is 212 Å². The predicted octanol–water partition coefficient (Wildman–Crippen LogP) is 3.77. The van der Waals surface area contributed by atoms with Gasteiger partial charge in [-0.15, -0.1) is 12.4 Å². The molecule has 5 rings (SSSR count). The van der Waals surface area contributed by atoms with Crippen LogP contribution in [0.25, 0.3) is 10.9 Å². The lowest BCUT2D eigenvalue weighted by Gasteiger charge is -2.32. The fraction of sp³-hybridized carbons (Fsp3) is 0.444. The molecule has 2 aliphatic heterocycles. The topological polar surface area (TPSA) is 65.0 Å². The number of piperidine rings is 1. The van der Waals surface area contributed by atoms with Crippen LogP contribution in [0.5, 0.6) is 17.2 Å². The van der Waals surface area contributed by atoms with Crippen LogP contribution in [0, 0.1) is 6.92 Å². The maximum Gasteiger partial charge on any atom is 0.251 e. The number of hydrogen-bond donors (Lipinski definition) is 1. The molecule has 1 fully saturated rings. The van der Waals surface area contributed by atoms with E-state index in [1.165, 1.54) is 5.56 Å². The van der Waals surface area contributed by atoms with Crippen LogP contribution in [0.15, 0.2) is 47.3 Å². The highest BCUT2D eigenvalue weighted by Gasteiger charge is 2.20. The van der Waals surface area contributed by atoms with Gasteiger partial charge < -0.3 is 24.1 Å². The minimum atomic E-state index is 0. The van der Waals surface area contributed by atoms with Crippen LogP contribution >= 0.6 is 12.4 Å². The Balaban J connectivity index is 0.00000289. The van der Waals surface area contributed by atoms with Crippen molar-refractivity contribution in [2.24, 2.45) is 0 Å². The molecule has 1 aromatic heterocycles. The van der Waals surface area contributed by atoms with Gasteiger partial charge in [0.15, 0.2) is 11.5 Å². The van der Waals surface area contributed by atoms with E-state index < -0.39 is 0 Å². The molecular formula is C27H34ClN3O4. The minimum Gasteiger partial charge on any atom is -0.497 e. The van der Waals surface area contributed by atoms with Gasteiger partial charge >= 0.3 is 0 Å². The van der Waals surface area contributed by atoms with Gasteiger partial charge in [-0.25, -0.2) is 0 Å². The van der Waals surface area contributed by atoms with Crippen LogP contribution in [-0.2, 0) is 13.1 Å². The van der Waals surface area contributed by atoms with E-state index in [0.29, 0.717) is 25.8 Å². The van der Waals surface area contributed by atoms with Gasteiger partial charge in [0.25, 0.3) is 5.56 Å². The first-order valence-corrected chi connectivity index (χ1v) is 12.1. The summed E-state index contributed by atoms with van der Waals surface area (Å²) in [6.45, 7) is 7.66. The molecule has 3 heterocycles. The van der Waals surface area contributed by atoms with E-state index in [1.54, 1.807) is 13.2 Å². The number of hydrogen-bond acceptors (Lipinski definition) is 6. The fourth-order valence-corrected chi connectivity index (χ4v) is 5.01. The number of benzene rings is 2. The molecule has 35 heavy (non-hydrogen) atoms. The van der Waals surface area contributed by atoms with E-state index in [9.17, 15) is 4.79 Å². The average Bonchev–Trinajstić information content (AvgIpc) is 2.86. The summed E-state index contributed by atoms with van der Waals surface area (Å²) in [4.78, 5) is 15.2. The summed E-state index contributed by atoms with van der Waals surface area (Å²) in [6.07, 6.45) is 2.20. The Kier molecular flexibility index (Phi) is 8.21. The van der Waals surface area contributed by atoms with Crippen molar-refractivity contribution in [2.75, 3.05) is 40.0 Å². The number of halogens is 1. The Bertz CT molecular complexity index is 1220. The predicted molar refractivity (Wildman–Crippen MR) is 140 cm³/mol. The molecule has 0 amide bonds. The van der Waals surface area contributed by atoms with Crippen molar-refractivity contribution in [2.45, 2.75) is 38.9 Å². The zero-order chi connectivity index (χ0) is 23.5. The van der Waals surface area contributed by atoms with Crippen molar-refractivity contribution in [3.63, 3.8) is 0 Å². The normalized spacial score (nSPS) is 16.2. The summed E-state index contributed by atoms with van der Waals surface area (Å²) >= 11 is 0. The van der Waals surface area contributed by atoms with Crippen LogP contribution < -0.4 is 25.1 Å². The molecule has 0 bridgehead atoms. The van der Waals surface area contributed by atoms with Crippen LogP contribution in [-0.4, -0.2) is 55.5 Å². The average molecular weight is 500 g/mol. The largest absolute Gasteiger partial charge is 0.497 e. The maximum atomic E-state index is 12.7. The first-order valence-electron chi connectivity index (χ1n) is 12.1. The zero-order valence-electron chi connectivity index (χ0n) is 20.4. The number of aryl methyl sites for hydroxylation is 1. The number of aromatic nitrogens is 1. The van der Waals surface area contributed by atoms with E-state index in [0.717, 1.165) is 72.7 Å². The first kappa shape index (κ1) is 25.4. The van der Waals surface area contributed by atoms with E-state index in [4.69, 9.17) is 14.2 Å². The van der Waals surface area contributed by atoms with Gasteiger partial charge in [-0.05, 0) is 68.2 Å². The highest BCUT2D eigenvalue weighted by molar-refractivity contribution is 5.85. The molecule has 188 valence electrons. The second kappa shape index (κ2) is 11.3. The lowest BCUT2D eigenvalue weighted by molar-refractivity contribution is 0.169. The standard InChI is InChI=1S/C27H33N3O4.ClH/c1-19-15-27(31)30(24-17-22(32-2)4-5-23(19)24)12-9-28-21-7-10-29(11-8-21)18-20-3-6-25-26(16-20)34-14-13-33-25;/h3-6,15-17,21,28H,7-14,18H2,1-2H3;1H. The Morgan fingerprint density at radius 1 is 1.03 bits per heavy atom. The number of pyridine rings is 1. The summed E-state index contributed by atoms with van der Waals surface area (Å²) in [5.41, 5.74) is 3.23. The quantitative estimate of drug-likeness (QED) is 0.534. The van der Waals surface area contributed by atoms with Crippen molar-refractivity contribution in [1.29, 1.82) is 0 Å². The number of ether oxygens (including phenoxy) is 3. The Hall–Kier alpha value is -2.74. The first-order chi connectivity index (χ1) is 16.6. The molecule has 0 aliphatic carbocycles. The molecule has 1 N–H and O–H groups in total. The van der Waals surface area contributed by atoms with E-state index in [1.807, 2.05) is 35.8 Å². The lowest BCUT2D eigenvalue weighted by atomic mass is 10.0. The van der Waals surface area contributed by atoms with Crippen molar-refractivity contribution < 1.29 is 14.2 Å². The smallest absolute Gasteiger partial charge is 0.251 e. The van der Waals surface area contributed by atoms with E-state index in [2.05, 4.69) is 22.3 Å². The number of likely N-dealkylation sites (tertiary alicyclic amines) is 1. The maximum absolute atomic E-state index is 12.7.